The van der Waals surface area contributed by atoms with E-state index in [0.29, 0.717) is 12.4 Å². The molecule has 0 unspecified atom stereocenters. The number of pyridine rings is 1. The number of hydrogen-bond acceptors (Lipinski definition) is 4. The largest absolute Gasteiger partial charge is 0.358 e. The van der Waals surface area contributed by atoms with Crippen LogP contribution in [-0.2, 0) is 4.79 Å². The van der Waals surface area contributed by atoms with Crippen LogP contribution < -0.4 is 10.6 Å². The Morgan fingerprint density at radius 3 is 2.95 bits per heavy atom. The zero-order chi connectivity index (χ0) is 14.9. The molecule has 0 spiro atoms. The predicted molar refractivity (Wildman–Crippen MR) is 83.9 cm³/mol. The number of rotatable bonds is 3. The summed E-state index contributed by atoms with van der Waals surface area (Å²) < 4.78 is 1.94. The third kappa shape index (κ3) is 2.18. The quantitative estimate of drug-likeness (QED) is 0.771. The fourth-order valence-electron chi connectivity index (χ4n) is 2.69. The van der Waals surface area contributed by atoms with Crippen molar-refractivity contribution in [1.82, 2.24) is 19.9 Å². The molecule has 1 aliphatic heterocycles. The molecule has 0 aliphatic carbocycles. The highest BCUT2D eigenvalue weighted by molar-refractivity contribution is 5.86. The van der Waals surface area contributed by atoms with Crippen molar-refractivity contribution in [3.05, 3.63) is 48.8 Å². The van der Waals surface area contributed by atoms with Crippen molar-refractivity contribution in [2.75, 3.05) is 11.9 Å². The van der Waals surface area contributed by atoms with Crippen LogP contribution in [0.2, 0.25) is 0 Å². The number of anilines is 1. The number of aromatic nitrogens is 3. The summed E-state index contributed by atoms with van der Waals surface area (Å²) in [6.45, 7) is 0.711. The number of benzene rings is 1. The highest BCUT2D eigenvalue weighted by Gasteiger charge is 2.24. The fourth-order valence-corrected chi connectivity index (χ4v) is 2.69. The van der Waals surface area contributed by atoms with Gasteiger partial charge in [-0.1, -0.05) is 18.2 Å². The Labute approximate surface area is 127 Å². The van der Waals surface area contributed by atoms with Crippen molar-refractivity contribution in [3.8, 4) is 5.82 Å². The number of para-hydroxylation sites is 2. The van der Waals surface area contributed by atoms with E-state index in [1.165, 1.54) is 0 Å². The monoisotopic (exact) mass is 293 g/mol. The molecule has 6 heteroatoms. The van der Waals surface area contributed by atoms with Gasteiger partial charge in [0.2, 0.25) is 5.91 Å². The molecule has 0 radical (unpaired) electrons. The summed E-state index contributed by atoms with van der Waals surface area (Å²) in [6, 6.07) is 13.4. The molecule has 2 N–H and O–H groups in total. The van der Waals surface area contributed by atoms with Gasteiger partial charge in [0, 0.05) is 6.54 Å². The molecule has 3 aromatic rings. The van der Waals surface area contributed by atoms with Crippen LogP contribution in [0.3, 0.4) is 0 Å². The van der Waals surface area contributed by atoms with E-state index < -0.39 is 0 Å². The number of imidazole rings is 1. The number of nitrogens with zero attached hydrogens (tertiary/aromatic N) is 3. The molecule has 22 heavy (non-hydrogen) atoms. The van der Waals surface area contributed by atoms with E-state index in [2.05, 4.69) is 20.6 Å². The normalized spacial score (nSPS) is 17.6. The lowest BCUT2D eigenvalue weighted by Gasteiger charge is -2.12. The summed E-state index contributed by atoms with van der Waals surface area (Å²) in [5.74, 6) is 1.50. The van der Waals surface area contributed by atoms with Gasteiger partial charge in [-0.3, -0.25) is 9.36 Å². The zero-order valence-electron chi connectivity index (χ0n) is 11.9. The lowest BCUT2D eigenvalue weighted by molar-refractivity contribution is -0.119. The minimum absolute atomic E-state index is 0.0280. The summed E-state index contributed by atoms with van der Waals surface area (Å²) in [7, 11) is 0. The third-order valence-corrected chi connectivity index (χ3v) is 3.81. The summed E-state index contributed by atoms with van der Waals surface area (Å²) in [5, 5.41) is 6.00. The maximum Gasteiger partial charge on any atom is 0.242 e. The number of nitrogens with one attached hydrogen (secondary N) is 2. The van der Waals surface area contributed by atoms with Crippen LogP contribution in [0.4, 0.5) is 5.82 Å². The second-order valence-corrected chi connectivity index (χ2v) is 5.26. The van der Waals surface area contributed by atoms with Crippen molar-refractivity contribution < 1.29 is 4.79 Å². The van der Waals surface area contributed by atoms with E-state index in [9.17, 15) is 4.79 Å². The van der Waals surface area contributed by atoms with Gasteiger partial charge in [0.15, 0.2) is 0 Å². The SMILES string of the molecule is O=C1NCC[C@@H]1Nc1cccc(-n2cnc3ccccc32)n1. The van der Waals surface area contributed by atoms with Crippen LogP contribution in [-0.4, -0.2) is 33.0 Å². The van der Waals surface area contributed by atoms with Crippen molar-refractivity contribution in [3.63, 3.8) is 0 Å². The number of amides is 1. The highest BCUT2D eigenvalue weighted by Crippen LogP contribution is 2.18. The Hall–Kier alpha value is -2.89. The molecule has 0 saturated carbocycles. The first-order valence-electron chi connectivity index (χ1n) is 7.25. The number of carbonyl (C=O) groups is 1. The van der Waals surface area contributed by atoms with E-state index >= 15 is 0 Å². The molecule has 1 fully saturated rings. The second-order valence-electron chi connectivity index (χ2n) is 5.26. The molecule has 2 aromatic heterocycles. The van der Waals surface area contributed by atoms with Gasteiger partial charge in [0.1, 0.15) is 24.0 Å². The number of hydrogen-bond donors (Lipinski definition) is 2. The van der Waals surface area contributed by atoms with Crippen molar-refractivity contribution >= 4 is 22.8 Å². The Morgan fingerprint density at radius 1 is 1.18 bits per heavy atom. The van der Waals surface area contributed by atoms with Gasteiger partial charge < -0.3 is 10.6 Å². The minimum Gasteiger partial charge on any atom is -0.358 e. The average molecular weight is 293 g/mol. The van der Waals surface area contributed by atoms with Gasteiger partial charge >= 0.3 is 0 Å². The molecule has 0 bridgehead atoms. The molecule has 3 heterocycles. The lowest BCUT2D eigenvalue weighted by atomic mass is 10.2. The molecular formula is C16H15N5O. The van der Waals surface area contributed by atoms with Gasteiger partial charge in [0.25, 0.3) is 0 Å². The Balaban J connectivity index is 1.68. The van der Waals surface area contributed by atoms with Crippen LogP contribution in [0.1, 0.15) is 6.42 Å². The smallest absolute Gasteiger partial charge is 0.242 e. The average Bonchev–Trinajstić information content (AvgIpc) is 3.14. The Bertz CT molecular complexity index is 841. The first-order chi connectivity index (χ1) is 10.8. The first-order valence-corrected chi connectivity index (χ1v) is 7.25. The molecule has 6 nitrogen and oxygen atoms in total. The van der Waals surface area contributed by atoms with Crippen LogP contribution in [0, 0.1) is 0 Å². The molecule has 1 amide bonds. The minimum atomic E-state index is -0.206. The van der Waals surface area contributed by atoms with E-state index in [1.807, 2.05) is 47.0 Å². The van der Waals surface area contributed by atoms with E-state index in [0.717, 1.165) is 23.3 Å². The van der Waals surface area contributed by atoms with E-state index in [4.69, 9.17) is 0 Å². The topological polar surface area (TPSA) is 71.8 Å². The summed E-state index contributed by atoms with van der Waals surface area (Å²) in [4.78, 5) is 20.6. The van der Waals surface area contributed by atoms with Crippen molar-refractivity contribution in [1.29, 1.82) is 0 Å². The van der Waals surface area contributed by atoms with Crippen LogP contribution >= 0.6 is 0 Å². The predicted octanol–water partition coefficient (Wildman–Crippen LogP) is 1.72. The third-order valence-electron chi connectivity index (χ3n) is 3.81. The highest BCUT2D eigenvalue weighted by atomic mass is 16.2. The van der Waals surface area contributed by atoms with Gasteiger partial charge in [-0.15, -0.1) is 0 Å². The standard InChI is InChI=1S/C16H15N5O/c22-16-12(8-9-17-16)19-14-6-3-7-15(20-14)21-10-18-11-4-1-2-5-13(11)21/h1-7,10,12H,8-9H2,(H,17,22)(H,19,20)/t12-/m0/s1. The number of carbonyl (C=O) groups excluding carboxylic acids is 1. The summed E-state index contributed by atoms with van der Waals surface area (Å²) in [6.07, 6.45) is 2.54. The molecular weight excluding hydrogens is 278 g/mol. The maximum absolute atomic E-state index is 11.7. The van der Waals surface area contributed by atoms with Gasteiger partial charge in [-0.2, -0.15) is 0 Å². The van der Waals surface area contributed by atoms with Crippen molar-refractivity contribution in [2.24, 2.45) is 0 Å². The summed E-state index contributed by atoms with van der Waals surface area (Å²) in [5.41, 5.74) is 1.93. The Morgan fingerprint density at radius 2 is 2.09 bits per heavy atom. The van der Waals surface area contributed by atoms with Crippen molar-refractivity contribution in [2.45, 2.75) is 12.5 Å². The first kappa shape index (κ1) is 12.8. The lowest BCUT2D eigenvalue weighted by Crippen LogP contribution is -2.29. The summed E-state index contributed by atoms with van der Waals surface area (Å²) >= 11 is 0. The Kier molecular flexibility index (Phi) is 3.00. The second kappa shape index (κ2) is 5.14. The van der Waals surface area contributed by atoms with E-state index in [1.54, 1.807) is 6.33 Å². The zero-order valence-corrected chi connectivity index (χ0v) is 11.9. The van der Waals surface area contributed by atoms with E-state index in [-0.39, 0.29) is 11.9 Å². The van der Waals surface area contributed by atoms with Gasteiger partial charge in [-0.05, 0) is 30.7 Å². The molecule has 110 valence electrons. The molecule has 1 atom stereocenters. The van der Waals surface area contributed by atoms with Gasteiger partial charge in [0.05, 0.1) is 11.0 Å². The molecule has 1 aromatic carbocycles. The van der Waals surface area contributed by atoms with Gasteiger partial charge in [-0.25, -0.2) is 9.97 Å². The molecule has 1 saturated heterocycles. The number of fused-ring (bicyclic) bond motifs is 1. The molecule has 1 aliphatic rings. The maximum atomic E-state index is 11.7. The fraction of sp³-hybridized carbons (Fsp3) is 0.188. The molecule has 4 rings (SSSR count). The van der Waals surface area contributed by atoms with Crippen LogP contribution in [0.25, 0.3) is 16.9 Å². The van der Waals surface area contributed by atoms with Crippen LogP contribution in [0.5, 0.6) is 0 Å². The van der Waals surface area contributed by atoms with Crippen LogP contribution in [0.15, 0.2) is 48.8 Å².